The standard InChI is InChI=1S/C30H39NO6S/c1-18-14-21(15-19(2)26(18)36-30(6,7)27(33)37-29(3,4)5)23-16-31(28(34)35-8)17-24(23)25(32)20-10-12-22(38-9)13-11-20/h10-15,23-24H,16-17H2,1-9H3. The zero-order chi connectivity index (χ0) is 28.4. The van der Waals surface area contributed by atoms with Gasteiger partial charge in [-0.3, -0.25) is 4.79 Å². The number of carbonyl (C=O) groups excluding carboxylic acids is 3. The van der Waals surface area contributed by atoms with Crippen LogP contribution in [0.15, 0.2) is 41.3 Å². The Kier molecular flexibility index (Phi) is 8.86. The molecule has 7 nitrogen and oxygen atoms in total. The minimum Gasteiger partial charge on any atom is -0.476 e. The van der Waals surface area contributed by atoms with Gasteiger partial charge in [-0.1, -0.05) is 24.3 Å². The summed E-state index contributed by atoms with van der Waals surface area (Å²) in [5.41, 5.74) is 1.41. The number of Topliss-reactive ketones (excluding diaryl/α,β-unsaturated/α-hetero) is 1. The van der Waals surface area contributed by atoms with E-state index >= 15 is 0 Å². The fourth-order valence-corrected chi connectivity index (χ4v) is 5.12. The molecule has 1 aliphatic rings. The van der Waals surface area contributed by atoms with Gasteiger partial charge in [0.15, 0.2) is 11.4 Å². The van der Waals surface area contributed by atoms with Gasteiger partial charge >= 0.3 is 12.1 Å². The van der Waals surface area contributed by atoms with Crippen molar-refractivity contribution in [1.29, 1.82) is 0 Å². The summed E-state index contributed by atoms with van der Waals surface area (Å²) in [6.07, 6.45) is 1.54. The van der Waals surface area contributed by atoms with E-state index in [0.29, 0.717) is 17.9 Å². The number of aryl methyl sites for hydroxylation is 2. The van der Waals surface area contributed by atoms with Gasteiger partial charge in [-0.15, -0.1) is 11.8 Å². The fraction of sp³-hybridized carbons (Fsp3) is 0.500. The maximum atomic E-state index is 13.6. The highest BCUT2D eigenvalue weighted by Crippen LogP contribution is 2.39. The zero-order valence-electron chi connectivity index (χ0n) is 23.8. The number of rotatable bonds is 7. The molecule has 2 unspecified atom stereocenters. The molecule has 2 aromatic carbocycles. The normalized spacial score (nSPS) is 17.8. The van der Waals surface area contributed by atoms with E-state index in [1.54, 1.807) is 30.5 Å². The van der Waals surface area contributed by atoms with Gasteiger partial charge in [-0.25, -0.2) is 9.59 Å². The number of esters is 1. The van der Waals surface area contributed by atoms with E-state index in [2.05, 4.69) is 0 Å². The second kappa shape index (κ2) is 11.4. The van der Waals surface area contributed by atoms with Crippen LogP contribution in [0.3, 0.4) is 0 Å². The SMILES string of the molecule is COC(=O)N1CC(C(=O)c2ccc(SC)cc2)C(c2cc(C)c(OC(C)(C)C(=O)OC(C)(C)C)c(C)c2)C1. The molecule has 1 aliphatic heterocycles. The maximum Gasteiger partial charge on any atom is 0.409 e. The topological polar surface area (TPSA) is 82.1 Å². The second-order valence-electron chi connectivity index (χ2n) is 11.3. The van der Waals surface area contributed by atoms with Gasteiger partial charge < -0.3 is 19.1 Å². The molecule has 206 valence electrons. The lowest BCUT2D eigenvalue weighted by Crippen LogP contribution is -2.43. The van der Waals surface area contributed by atoms with Crippen molar-refractivity contribution >= 4 is 29.6 Å². The number of methoxy groups -OCH3 is 1. The molecule has 38 heavy (non-hydrogen) atoms. The monoisotopic (exact) mass is 541 g/mol. The third-order valence-corrected chi connectivity index (χ3v) is 7.37. The van der Waals surface area contributed by atoms with Crippen LogP contribution in [0.4, 0.5) is 4.79 Å². The van der Waals surface area contributed by atoms with Crippen LogP contribution < -0.4 is 4.74 Å². The number of benzene rings is 2. The summed E-state index contributed by atoms with van der Waals surface area (Å²) in [4.78, 5) is 41.5. The average Bonchev–Trinajstić information content (AvgIpc) is 3.30. The van der Waals surface area contributed by atoms with Crippen molar-refractivity contribution in [3.63, 3.8) is 0 Å². The first-order valence-electron chi connectivity index (χ1n) is 12.7. The van der Waals surface area contributed by atoms with E-state index in [9.17, 15) is 14.4 Å². The van der Waals surface area contributed by atoms with Crippen LogP contribution in [0.25, 0.3) is 0 Å². The van der Waals surface area contributed by atoms with Crippen LogP contribution in [0.1, 0.15) is 67.6 Å². The molecule has 1 amide bonds. The van der Waals surface area contributed by atoms with E-state index in [1.165, 1.54) is 7.11 Å². The summed E-state index contributed by atoms with van der Waals surface area (Å²) in [7, 11) is 1.35. The third kappa shape index (κ3) is 6.70. The highest BCUT2D eigenvalue weighted by atomic mass is 32.2. The predicted molar refractivity (Wildman–Crippen MR) is 149 cm³/mol. The Labute approximate surface area is 230 Å². The van der Waals surface area contributed by atoms with Crippen LogP contribution in [-0.2, 0) is 14.3 Å². The molecule has 2 aromatic rings. The van der Waals surface area contributed by atoms with Gasteiger partial charge in [-0.2, -0.15) is 0 Å². The van der Waals surface area contributed by atoms with Crippen LogP contribution in [0.2, 0.25) is 0 Å². The van der Waals surface area contributed by atoms with Gasteiger partial charge in [0.2, 0.25) is 0 Å². The largest absolute Gasteiger partial charge is 0.476 e. The smallest absolute Gasteiger partial charge is 0.409 e. The predicted octanol–water partition coefficient (Wildman–Crippen LogP) is 6.19. The van der Waals surface area contributed by atoms with Gasteiger partial charge in [0, 0.05) is 35.4 Å². The van der Waals surface area contributed by atoms with Crippen molar-refractivity contribution in [3.8, 4) is 5.75 Å². The molecular weight excluding hydrogens is 502 g/mol. The minimum atomic E-state index is -1.19. The lowest BCUT2D eigenvalue weighted by atomic mass is 9.82. The average molecular weight is 542 g/mol. The Bertz CT molecular complexity index is 1180. The van der Waals surface area contributed by atoms with Gasteiger partial charge in [0.1, 0.15) is 11.4 Å². The van der Waals surface area contributed by atoms with Crippen LogP contribution >= 0.6 is 11.8 Å². The van der Waals surface area contributed by atoms with E-state index < -0.39 is 29.2 Å². The van der Waals surface area contributed by atoms with Gasteiger partial charge in [0.25, 0.3) is 0 Å². The summed E-state index contributed by atoms with van der Waals surface area (Å²) in [5, 5.41) is 0. The van der Waals surface area contributed by atoms with Crippen molar-refractivity contribution in [3.05, 3.63) is 58.7 Å². The van der Waals surface area contributed by atoms with Gasteiger partial charge in [0.05, 0.1) is 7.11 Å². The maximum absolute atomic E-state index is 13.6. The number of hydrogen-bond donors (Lipinski definition) is 0. The molecule has 0 radical (unpaired) electrons. The Balaban J connectivity index is 1.93. The number of ether oxygens (including phenoxy) is 3. The number of ketones is 1. The molecule has 0 aliphatic carbocycles. The highest BCUT2D eigenvalue weighted by molar-refractivity contribution is 7.98. The first kappa shape index (κ1) is 29.6. The third-order valence-electron chi connectivity index (χ3n) is 6.62. The van der Waals surface area contributed by atoms with Crippen LogP contribution in [0.5, 0.6) is 5.75 Å². The molecule has 0 spiro atoms. The number of likely N-dealkylation sites (tertiary alicyclic amines) is 1. The van der Waals surface area contributed by atoms with E-state index in [4.69, 9.17) is 14.2 Å². The van der Waals surface area contributed by atoms with Crippen LogP contribution in [-0.4, -0.2) is 60.4 Å². The quantitative estimate of drug-likeness (QED) is 0.235. The van der Waals surface area contributed by atoms with Crippen LogP contribution in [0, 0.1) is 19.8 Å². The molecule has 1 fully saturated rings. The van der Waals surface area contributed by atoms with Crippen molar-refractivity contribution in [2.75, 3.05) is 26.5 Å². The summed E-state index contributed by atoms with van der Waals surface area (Å²) in [5.74, 6) is -0.487. The van der Waals surface area contributed by atoms with E-state index in [1.807, 2.05) is 77.3 Å². The van der Waals surface area contributed by atoms with Crippen molar-refractivity contribution in [2.24, 2.45) is 5.92 Å². The lowest BCUT2D eigenvalue weighted by Gasteiger charge is -2.30. The summed E-state index contributed by atoms with van der Waals surface area (Å²) < 4.78 is 16.7. The number of carbonyl (C=O) groups is 3. The Morgan fingerprint density at radius 1 is 0.947 bits per heavy atom. The molecule has 0 saturated carbocycles. The van der Waals surface area contributed by atoms with Crippen molar-refractivity contribution in [1.82, 2.24) is 4.90 Å². The number of amides is 1. The van der Waals surface area contributed by atoms with Crippen molar-refractivity contribution < 1.29 is 28.6 Å². The first-order valence-corrected chi connectivity index (χ1v) is 13.9. The van der Waals surface area contributed by atoms with Gasteiger partial charge in [-0.05, 0) is 83.5 Å². The lowest BCUT2D eigenvalue weighted by molar-refractivity contribution is -0.171. The summed E-state index contributed by atoms with van der Waals surface area (Å²) in [6, 6.07) is 11.5. The molecule has 1 heterocycles. The summed E-state index contributed by atoms with van der Waals surface area (Å²) >= 11 is 1.62. The molecule has 2 atom stereocenters. The molecule has 3 rings (SSSR count). The number of nitrogens with zero attached hydrogens (tertiary/aromatic N) is 1. The van der Waals surface area contributed by atoms with E-state index in [-0.39, 0.29) is 18.2 Å². The molecule has 1 saturated heterocycles. The first-order chi connectivity index (χ1) is 17.7. The Hall–Kier alpha value is -3.00. The van der Waals surface area contributed by atoms with E-state index in [0.717, 1.165) is 21.6 Å². The minimum absolute atomic E-state index is 0.00394. The molecule has 0 bridgehead atoms. The highest BCUT2D eigenvalue weighted by Gasteiger charge is 2.42. The zero-order valence-corrected chi connectivity index (χ0v) is 24.7. The van der Waals surface area contributed by atoms with Crippen molar-refractivity contribution in [2.45, 2.75) is 70.5 Å². The molecule has 0 N–H and O–H groups in total. The number of hydrogen-bond acceptors (Lipinski definition) is 7. The number of thioether (sulfide) groups is 1. The molecule has 8 heteroatoms. The molecular formula is C30H39NO6S. The second-order valence-corrected chi connectivity index (χ2v) is 12.2. The summed E-state index contributed by atoms with van der Waals surface area (Å²) in [6.45, 7) is 13.3. The Morgan fingerprint density at radius 3 is 2.03 bits per heavy atom. The molecule has 0 aromatic heterocycles. The fourth-order valence-electron chi connectivity index (χ4n) is 4.71. The Morgan fingerprint density at radius 2 is 1.53 bits per heavy atom.